The van der Waals surface area contributed by atoms with Crippen LogP contribution in [0.15, 0.2) is 30.6 Å². The smallest absolute Gasteiger partial charge is 0.323 e. The molecule has 1 aromatic carbocycles. The average Bonchev–Trinajstić information content (AvgIpc) is 2.45. The van der Waals surface area contributed by atoms with E-state index in [2.05, 4.69) is 15.9 Å². The van der Waals surface area contributed by atoms with Crippen LogP contribution >= 0.6 is 0 Å². The molecule has 0 aliphatic carbocycles. The van der Waals surface area contributed by atoms with E-state index < -0.39 is 18.4 Å². The second-order valence-electron chi connectivity index (χ2n) is 4.02. The molecule has 1 aromatic heterocycles. The molecule has 20 heavy (non-hydrogen) atoms. The van der Waals surface area contributed by atoms with E-state index in [0.717, 1.165) is 4.90 Å². The number of carboxylic acids is 1. The number of carbonyl (C=O) groups excluding carboxylic acids is 1. The Balaban J connectivity index is 2.33. The Hall–Kier alpha value is -2.94. The molecule has 0 bridgehead atoms. The molecule has 0 atom stereocenters. The van der Waals surface area contributed by atoms with Crippen molar-refractivity contribution in [3.63, 3.8) is 0 Å². The highest BCUT2D eigenvalue weighted by Crippen LogP contribution is 2.12. The molecule has 0 spiro atoms. The van der Waals surface area contributed by atoms with Gasteiger partial charge in [-0.15, -0.1) is 6.42 Å². The summed E-state index contributed by atoms with van der Waals surface area (Å²) in [7, 11) is 0. The van der Waals surface area contributed by atoms with E-state index >= 15 is 0 Å². The number of nitrogens with zero attached hydrogens (tertiary/aromatic N) is 3. The van der Waals surface area contributed by atoms with Gasteiger partial charge >= 0.3 is 5.97 Å². The van der Waals surface area contributed by atoms with Crippen LogP contribution in [0.3, 0.4) is 0 Å². The molecular formula is C14H11N3O3. The predicted molar refractivity (Wildman–Crippen MR) is 71.9 cm³/mol. The van der Waals surface area contributed by atoms with E-state index in [4.69, 9.17) is 11.5 Å². The van der Waals surface area contributed by atoms with Crippen LogP contribution < -0.4 is 0 Å². The van der Waals surface area contributed by atoms with Crippen LogP contribution in [0.1, 0.15) is 10.4 Å². The fourth-order valence-corrected chi connectivity index (χ4v) is 1.75. The Morgan fingerprint density at radius 3 is 2.60 bits per heavy atom. The first kappa shape index (κ1) is 13.5. The standard InChI is InChI=1S/C14H11N3O3/c1-2-7-17(9-13(18)19)14(20)10-3-4-11-12(8-10)16-6-5-15-11/h1,3-6,8H,7,9H2,(H,18,19). The van der Waals surface area contributed by atoms with Crippen molar-refractivity contribution in [2.45, 2.75) is 0 Å². The quantitative estimate of drug-likeness (QED) is 0.830. The van der Waals surface area contributed by atoms with E-state index in [0.29, 0.717) is 16.6 Å². The lowest BCUT2D eigenvalue weighted by molar-refractivity contribution is -0.137. The average molecular weight is 269 g/mol. The number of carbonyl (C=O) groups is 2. The Morgan fingerprint density at radius 2 is 1.95 bits per heavy atom. The van der Waals surface area contributed by atoms with E-state index in [1.165, 1.54) is 6.20 Å². The van der Waals surface area contributed by atoms with Crippen molar-refractivity contribution in [2.75, 3.05) is 13.1 Å². The highest BCUT2D eigenvalue weighted by molar-refractivity contribution is 5.98. The van der Waals surface area contributed by atoms with E-state index in [9.17, 15) is 9.59 Å². The molecule has 0 radical (unpaired) electrons. The van der Waals surface area contributed by atoms with Gasteiger partial charge in [-0.2, -0.15) is 0 Å². The summed E-state index contributed by atoms with van der Waals surface area (Å²) in [6.07, 6.45) is 8.23. The molecule has 0 unspecified atom stereocenters. The van der Waals surface area contributed by atoms with Crippen molar-refractivity contribution in [1.29, 1.82) is 0 Å². The van der Waals surface area contributed by atoms with Gasteiger partial charge in [-0.05, 0) is 18.2 Å². The Morgan fingerprint density at radius 1 is 1.25 bits per heavy atom. The zero-order valence-corrected chi connectivity index (χ0v) is 10.5. The summed E-state index contributed by atoms with van der Waals surface area (Å²) in [5.74, 6) is 0.712. The first-order chi connectivity index (χ1) is 9.61. The van der Waals surface area contributed by atoms with Gasteiger partial charge in [0.1, 0.15) is 6.54 Å². The van der Waals surface area contributed by atoms with Gasteiger partial charge in [-0.1, -0.05) is 5.92 Å². The predicted octanol–water partition coefficient (Wildman–Crippen LogP) is 0.790. The maximum absolute atomic E-state index is 12.2. The van der Waals surface area contributed by atoms with Crippen LogP contribution in [0.25, 0.3) is 11.0 Å². The minimum Gasteiger partial charge on any atom is -0.480 e. The van der Waals surface area contributed by atoms with E-state index in [1.807, 2.05) is 0 Å². The molecule has 0 aliphatic heterocycles. The maximum Gasteiger partial charge on any atom is 0.323 e. The van der Waals surface area contributed by atoms with Crippen molar-refractivity contribution in [3.05, 3.63) is 36.2 Å². The second kappa shape index (κ2) is 5.80. The summed E-state index contributed by atoms with van der Waals surface area (Å²) in [4.78, 5) is 32.3. The monoisotopic (exact) mass is 269 g/mol. The van der Waals surface area contributed by atoms with Gasteiger partial charge in [0, 0.05) is 18.0 Å². The van der Waals surface area contributed by atoms with Crippen molar-refractivity contribution in [1.82, 2.24) is 14.9 Å². The number of amides is 1. The molecule has 2 aromatic rings. The number of aromatic nitrogens is 2. The van der Waals surface area contributed by atoms with Crippen LogP contribution in [0.4, 0.5) is 0 Å². The number of carboxylic acid groups (broad SMARTS) is 1. The summed E-state index contributed by atoms with van der Waals surface area (Å²) in [6, 6.07) is 4.80. The van der Waals surface area contributed by atoms with Crippen molar-refractivity contribution in [3.8, 4) is 12.3 Å². The largest absolute Gasteiger partial charge is 0.480 e. The number of rotatable bonds is 4. The highest BCUT2D eigenvalue weighted by Gasteiger charge is 2.18. The van der Waals surface area contributed by atoms with Crippen molar-refractivity contribution < 1.29 is 14.7 Å². The molecule has 0 saturated heterocycles. The van der Waals surface area contributed by atoms with E-state index in [-0.39, 0.29) is 6.54 Å². The molecule has 0 aliphatic rings. The lowest BCUT2D eigenvalue weighted by atomic mass is 10.1. The highest BCUT2D eigenvalue weighted by atomic mass is 16.4. The lowest BCUT2D eigenvalue weighted by Crippen LogP contribution is -2.35. The number of terminal acetylenes is 1. The van der Waals surface area contributed by atoms with Gasteiger partial charge in [0.25, 0.3) is 5.91 Å². The van der Waals surface area contributed by atoms with Crippen LogP contribution in [-0.4, -0.2) is 44.9 Å². The van der Waals surface area contributed by atoms with Gasteiger partial charge in [0.15, 0.2) is 0 Å². The van der Waals surface area contributed by atoms with E-state index in [1.54, 1.807) is 24.4 Å². The van der Waals surface area contributed by atoms with Crippen molar-refractivity contribution >= 4 is 22.9 Å². The Labute approximate surface area is 115 Å². The van der Waals surface area contributed by atoms with Crippen LogP contribution in [0.5, 0.6) is 0 Å². The zero-order chi connectivity index (χ0) is 14.5. The first-order valence-electron chi connectivity index (χ1n) is 5.77. The number of hydrogen-bond donors (Lipinski definition) is 1. The lowest BCUT2D eigenvalue weighted by Gasteiger charge is -2.17. The Kier molecular flexibility index (Phi) is 3.91. The van der Waals surface area contributed by atoms with Crippen LogP contribution in [-0.2, 0) is 4.79 Å². The van der Waals surface area contributed by atoms with Crippen LogP contribution in [0, 0.1) is 12.3 Å². The maximum atomic E-state index is 12.2. The van der Waals surface area contributed by atoms with Crippen molar-refractivity contribution in [2.24, 2.45) is 0 Å². The summed E-state index contributed by atoms with van der Waals surface area (Å²) >= 11 is 0. The third kappa shape index (κ3) is 2.90. The summed E-state index contributed by atoms with van der Waals surface area (Å²) < 4.78 is 0. The molecule has 2 rings (SSSR count). The van der Waals surface area contributed by atoms with Gasteiger partial charge in [-0.3, -0.25) is 19.6 Å². The molecule has 0 fully saturated rings. The molecular weight excluding hydrogens is 258 g/mol. The zero-order valence-electron chi connectivity index (χ0n) is 10.5. The van der Waals surface area contributed by atoms with Gasteiger partial charge in [0.05, 0.1) is 17.6 Å². The third-order valence-corrected chi connectivity index (χ3v) is 2.61. The number of aliphatic carboxylic acids is 1. The fourth-order valence-electron chi connectivity index (χ4n) is 1.75. The van der Waals surface area contributed by atoms with Gasteiger partial charge < -0.3 is 10.0 Å². The summed E-state index contributed by atoms with van der Waals surface area (Å²) in [5.41, 5.74) is 1.55. The molecule has 1 amide bonds. The number of hydrogen-bond acceptors (Lipinski definition) is 4. The SMILES string of the molecule is C#CCN(CC(=O)O)C(=O)c1ccc2nccnc2c1. The summed E-state index contributed by atoms with van der Waals surface area (Å²) in [6.45, 7) is -0.509. The van der Waals surface area contributed by atoms with Crippen LogP contribution in [0.2, 0.25) is 0 Å². The topological polar surface area (TPSA) is 83.4 Å². The first-order valence-corrected chi connectivity index (χ1v) is 5.77. The normalized spacial score (nSPS) is 9.95. The third-order valence-electron chi connectivity index (χ3n) is 2.61. The molecule has 0 saturated carbocycles. The second-order valence-corrected chi connectivity index (χ2v) is 4.02. The number of fused-ring (bicyclic) bond motifs is 1. The molecule has 1 N–H and O–H groups in total. The molecule has 1 heterocycles. The van der Waals surface area contributed by atoms with Gasteiger partial charge in [-0.25, -0.2) is 0 Å². The summed E-state index contributed by atoms with van der Waals surface area (Å²) in [5, 5.41) is 8.79. The fraction of sp³-hybridized carbons (Fsp3) is 0.143. The minimum absolute atomic E-state index is 0.0658. The molecule has 6 heteroatoms. The molecule has 6 nitrogen and oxygen atoms in total. The minimum atomic E-state index is -1.12. The number of benzene rings is 1. The Bertz CT molecular complexity index is 706. The molecule has 100 valence electrons. The van der Waals surface area contributed by atoms with Gasteiger partial charge in [0.2, 0.25) is 0 Å².